The van der Waals surface area contributed by atoms with Crippen LogP contribution in [0.15, 0.2) is 17.0 Å². The Morgan fingerprint density at radius 1 is 1.59 bits per heavy atom. The first-order valence-electron chi connectivity index (χ1n) is 5.74. The van der Waals surface area contributed by atoms with E-state index < -0.39 is 0 Å². The van der Waals surface area contributed by atoms with Gasteiger partial charge in [-0.25, -0.2) is 4.98 Å². The molecule has 0 aromatic carbocycles. The monoisotopic (exact) mass is 233 g/mol. The number of aromatic amines is 1. The van der Waals surface area contributed by atoms with Gasteiger partial charge in [0.1, 0.15) is 0 Å². The predicted octanol–water partition coefficient (Wildman–Crippen LogP) is 1.09. The average Bonchev–Trinajstić information content (AvgIpc) is 2.78. The van der Waals surface area contributed by atoms with E-state index in [1.165, 1.54) is 0 Å². The van der Waals surface area contributed by atoms with Crippen molar-refractivity contribution in [2.24, 2.45) is 5.73 Å². The molecule has 0 radical (unpaired) electrons. The van der Waals surface area contributed by atoms with E-state index in [9.17, 15) is 0 Å². The van der Waals surface area contributed by atoms with Crippen LogP contribution in [0, 0.1) is 0 Å². The molecule has 0 bridgehead atoms. The molecule has 2 aromatic heterocycles. The second-order valence-electron chi connectivity index (χ2n) is 4.90. The summed E-state index contributed by atoms with van der Waals surface area (Å²) in [5.74, 6) is 1.29. The Bertz CT molecular complexity index is 500. The minimum Gasteiger partial charge on any atom is -0.348 e. The van der Waals surface area contributed by atoms with Gasteiger partial charge in [0.05, 0.1) is 12.4 Å². The highest BCUT2D eigenvalue weighted by atomic mass is 16.5. The average molecular weight is 233 g/mol. The first kappa shape index (κ1) is 10.5. The van der Waals surface area contributed by atoms with Gasteiger partial charge in [-0.1, -0.05) is 12.1 Å². The summed E-state index contributed by atoms with van der Waals surface area (Å²) in [6.07, 6.45) is 6.26. The number of rotatable bonds is 4. The van der Waals surface area contributed by atoms with Gasteiger partial charge in [0.15, 0.2) is 5.82 Å². The zero-order valence-corrected chi connectivity index (χ0v) is 9.68. The molecule has 0 saturated heterocycles. The third-order valence-corrected chi connectivity index (χ3v) is 3.29. The van der Waals surface area contributed by atoms with Gasteiger partial charge in [-0.15, -0.1) is 0 Å². The highest BCUT2D eigenvalue weighted by Gasteiger charge is 2.43. The minimum absolute atomic E-state index is 0.120. The molecule has 1 fully saturated rings. The van der Waals surface area contributed by atoms with Crippen molar-refractivity contribution in [3.8, 4) is 0 Å². The van der Waals surface area contributed by atoms with Crippen LogP contribution >= 0.6 is 0 Å². The lowest BCUT2D eigenvalue weighted by atomic mass is 10.1. The number of hydrogen-bond donors (Lipinski definition) is 2. The Labute approximate surface area is 98.6 Å². The van der Waals surface area contributed by atoms with Gasteiger partial charge in [-0.3, -0.25) is 0 Å². The van der Waals surface area contributed by atoms with E-state index in [2.05, 4.69) is 27.0 Å². The smallest absolute Gasteiger partial charge is 0.243 e. The third-order valence-electron chi connectivity index (χ3n) is 3.29. The van der Waals surface area contributed by atoms with Gasteiger partial charge in [0, 0.05) is 23.7 Å². The van der Waals surface area contributed by atoms with Crippen molar-refractivity contribution in [2.75, 3.05) is 0 Å². The molecule has 1 aliphatic carbocycles. The van der Waals surface area contributed by atoms with Crippen molar-refractivity contribution in [1.29, 1.82) is 0 Å². The van der Waals surface area contributed by atoms with Gasteiger partial charge in [0.25, 0.3) is 0 Å². The van der Waals surface area contributed by atoms with Crippen molar-refractivity contribution in [2.45, 2.75) is 37.6 Å². The van der Waals surface area contributed by atoms with Crippen molar-refractivity contribution >= 4 is 0 Å². The number of H-pyrrole nitrogens is 1. The fourth-order valence-electron chi connectivity index (χ4n) is 1.76. The molecule has 1 aliphatic rings. The van der Waals surface area contributed by atoms with Crippen LogP contribution in [0.2, 0.25) is 0 Å². The summed E-state index contributed by atoms with van der Waals surface area (Å²) in [5, 5.41) is 4.01. The second kappa shape index (κ2) is 3.66. The number of nitrogens with one attached hydrogen (secondary N) is 1. The molecule has 2 heterocycles. The van der Waals surface area contributed by atoms with Crippen molar-refractivity contribution in [1.82, 2.24) is 20.1 Å². The molecule has 0 amide bonds. The molecule has 6 heteroatoms. The fraction of sp³-hybridized carbons (Fsp3) is 0.545. The Kier molecular flexibility index (Phi) is 2.25. The number of nitrogens with zero attached hydrogens (tertiary/aromatic N) is 3. The molecule has 0 spiro atoms. The minimum atomic E-state index is -0.279. The second-order valence-corrected chi connectivity index (χ2v) is 4.90. The van der Waals surface area contributed by atoms with E-state index in [-0.39, 0.29) is 11.5 Å². The van der Waals surface area contributed by atoms with E-state index >= 15 is 0 Å². The maximum atomic E-state index is 6.02. The molecule has 1 saturated carbocycles. The van der Waals surface area contributed by atoms with Crippen LogP contribution < -0.4 is 5.73 Å². The lowest BCUT2D eigenvalue weighted by molar-refractivity contribution is 0.347. The van der Waals surface area contributed by atoms with Gasteiger partial charge in [-0.2, -0.15) is 4.98 Å². The topological polar surface area (TPSA) is 93.6 Å². The van der Waals surface area contributed by atoms with Gasteiger partial charge in [-0.05, 0) is 12.8 Å². The number of nitrogens with two attached hydrogens (primary N) is 1. The summed E-state index contributed by atoms with van der Waals surface area (Å²) in [7, 11) is 0. The van der Waals surface area contributed by atoms with Crippen LogP contribution in [0.4, 0.5) is 0 Å². The number of imidazole rings is 1. The van der Waals surface area contributed by atoms with Crippen molar-refractivity contribution < 1.29 is 4.52 Å². The van der Waals surface area contributed by atoms with E-state index in [4.69, 9.17) is 10.3 Å². The Hall–Kier alpha value is -1.69. The summed E-state index contributed by atoms with van der Waals surface area (Å²) < 4.78 is 5.22. The van der Waals surface area contributed by atoms with E-state index in [0.29, 0.717) is 12.3 Å². The van der Waals surface area contributed by atoms with Crippen molar-refractivity contribution in [3.05, 3.63) is 29.9 Å². The maximum absolute atomic E-state index is 6.02. The lowest BCUT2D eigenvalue weighted by Crippen LogP contribution is -2.14. The summed E-state index contributed by atoms with van der Waals surface area (Å²) in [4.78, 5) is 11.3. The molecule has 17 heavy (non-hydrogen) atoms. The SMILES string of the molecule is CC1(c2noc([C@@H](N)Cc3cnc[nH]3)n2)CC1. The molecule has 3 rings (SSSR count). The van der Waals surface area contributed by atoms with Crippen LogP contribution in [0.25, 0.3) is 0 Å². The van der Waals surface area contributed by atoms with Crippen molar-refractivity contribution in [3.63, 3.8) is 0 Å². The predicted molar refractivity (Wildman–Crippen MR) is 60.1 cm³/mol. The molecule has 1 atom stereocenters. The molecular formula is C11H15N5O. The third kappa shape index (κ3) is 1.95. The van der Waals surface area contributed by atoms with Gasteiger partial charge in [0.2, 0.25) is 5.89 Å². The zero-order chi connectivity index (χ0) is 11.9. The van der Waals surface area contributed by atoms with Crippen LogP contribution in [0.3, 0.4) is 0 Å². The summed E-state index contributed by atoms with van der Waals surface area (Å²) >= 11 is 0. The Balaban J connectivity index is 1.73. The van der Waals surface area contributed by atoms with E-state index in [1.807, 2.05) is 0 Å². The highest BCUT2D eigenvalue weighted by molar-refractivity contribution is 5.15. The number of aromatic nitrogens is 4. The summed E-state index contributed by atoms with van der Waals surface area (Å²) in [5.41, 5.74) is 7.11. The maximum Gasteiger partial charge on any atom is 0.243 e. The standard InChI is InChI=1S/C11H15N5O/c1-11(2-3-11)10-15-9(17-16-10)8(12)4-7-5-13-6-14-7/h5-6,8H,2-4,12H2,1H3,(H,13,14)/t8-/m0/s1. The highest BCUT2D eigenvalue weighted by Crippen LogP contribution is 2.46. The molecule has 3 N–H and O–H groups in total. The zero-order valence-electron chi connectivity index (χ0n) is 9.68. The van der Waals surface area contributed by atoms with Crippen LogP contribution in [-0.4, -0.2) is 20.1 Å². The van der Waals surface area contributed by atoms with Gasteiger partial charge >= 0.3 is 0 Å². The summed E-state index contributed by atoms with van der Waals surface area (Å²) in [6, 6.07) is -0.279. The van der Waals surface area contributed by atoms with Crippen LogP contribution in [-0.2, 0) is 11.8 Å². The molecule has 90 valence electrons. The quantitative estimate of drug-likeness (QED) is 0.824. The molecule has 6 nitrogen and oxygen atoms in total. The first-order valence-corrected chi connectivity index (χ1v) is 5.74. The molecule has 0 aliphatic heterocycles. The normalized spacial score (nSPS) is 19.2. The van der Waals surface area contributed by atoms with E-state index in [0.717, 1.165) is 24.4 Å². The summed E-state index contributed by atoms with van der Waals surface area (Å²) in [6.45, 7) is 2.14. The Morgan fingerprint density at radius 3 is 3.06 bits per heavy atom. The number of hydrogen-bond acceptors (Lipinski definition) is 5. The van der Waals surface area contributed by atoms with Crippen LogP contribution in [0.1, 0.15) is 43.2 Å². The Morgan fingerprint density at radius 2 is 2.41 bits per heavy atom. The first-order chi connectivity index (χ1) is 8.17. The molecule has 2 aromatic rings. The van der Waals surface area contributed by atoms with Crippen LogP contribution in [0.5, 0.6) is 0 Å². The van der Waals surface area contributed by atoms with E-state index in [1.54, 1.807) is 12.5 Å². The lowest BCUT2D eigenvalue weighted by Gasteiger charge is -2.03. The molecular weight excluding hydrogens is 218 g/mol. The van der Waals surface area contributed by atoms with Gasteiger partial charge < -0.3 is 15.2 Å². The largest absolute Gasteiger partial charge is 0.348 e. The fourth-order valence-corrected chi connectivity index (χ4v) is 1.76. The molecule has 0 unspecified atom stereocenters.